The molecule has 7 heteroatoms. The molecule has 1 N–H and O–H groups in total. The highest BCUT2D eigenvalue weighted by Gasteiger charge is 2.27. The summed E-state index contributed by atoms with van der Waals surface area (Å²) in [4.78, 5) is 0. The first-order chi connectivity index (χ1) is 21.1. The molecule has 0 saturated carbocycles. The zero-order valence-corrected chi connectivity index (χ0v) is 26.7. The summed E-state index contributed by atoms with van der Waals surface area (Å²) >= 11 is 0. The predicted molar refractivity (Wildman–Crippen MR) is 173 cm³/mol. The zero-order valence-electron chi connectivity index (χ0n) is 26.7. The normalized spacial score (nSPS) is 16.2. The van der Waals surface area contributed by atoms with Gasteiger partial charge < -0.3 is 33.7 Å². The molecule has 0 radical (unpaired) electrons. The number of piperidine rings is 1. The molecule has 236 valence electrons. The highest BCUT2D eigenvalue weighted by Crippen LogP contribution is 2.34. The van der Waals surface area contributed by atoms with Crippen molar-refractivity contribution in [2.24, 2.45) is 0 Å². The second kappa shape index (κ2) is 20.0. The number of hydrogen-bond acceptors (Lipinski definition) is 7. The van der Waals surface area contributed by atoms with Gasteiger partial charge in [-0.25, -0.2) is 0 Å². The Morgan fingerprint density at radius 1 is 0.767 bits per heavy atom. The number of hydrogen-bond donors (Lipinski definition) is 1. The summed E-state index contributed by atoms with van der Waals surface area (Å²) in [7, 11) is 5.05. The van der Waals surface area contributed by atoms with Gasteiger partial charge >= 0.3 is 0 Å². The second-order valence-corrected chi connectivity index (χ2v) is 10.7. The molecule has 7 nitrogen and oxygen atoms in total. The van der Waals surface area contributed by atoms with Crippen LogP contribution in [-0.2, 0) is 27.4 Å². The molecule has 1 saturated heterocycles. The van der Waals surface area contributed by atoms with Gasteiger partial charge in [-0.3, -0.25) is 0 Å². The van der Waals surface area contributed by atoms with Crippen molar-refractivity contribution in [2.75, 3.05) is 54.2 Å². The fraction of sp³-hybridized carbons (Fsp3) is 0.500. The van der Waals surface area contributed by atoms with Gasteiger partial charge in [-0.05, 0) is 44.0 Å². The van der Waals surface area contributed by atoms with Crippen molar-refractivity contribution in [3.8, 4) is 17.2 Å². The Balaban J connectivity index is 0.000000303. The lowest BCUT2D eigenvalue weighted by atomic mass is 9.87. The van der Waals surface area contributed by atoms with E-state index >= 15 is 0 Å². The van der Waals surface area contributed by atoms with E-state index in [-0.39, 0.29) is 6.10 Å². The first-order valence-corrected chi connectivity index (χ1v) is 15.5. The number of aryl methyl sites for hydroxylation is 1. The SMILES string of the molecule is CCCCOCc1ccccc1OC.COCCCOc1c(COC2CNCCC2c2ccc(C)cc2)cccc1OC. The lowest BCUT2D eigenvalue weighted by Gasteiger charge is -2.33. The molecule has 1 fully saturated rings. The van der Waals surface area contributed by atoms with Crippen LogP contribution in [0.2, 0.25) is 0 Å². The average Bonchev–Trinajstić information content (AvgIpc) is 3.05. The van der Waals surface area contributed by atoms with Crippen LogP contribution in [0.15, 0.2) is 66.7 Å². The first kappa shape index (κ1) is 34.4. The quantitative estimate of drug-likeness (QED) is 0.178. The summed E-state index contributed by atoms with van der Waals surface area (Å²) in [6, 6.07) is 22.7. The van der Waals surface area contributed by atoms with Crippen LogP contribution in [-0.4, -0.2) is 60.3 Å². The average molecular weight is 594 g/mol. The molecule has 1 aliphatic heterocycles. The van der Waals surface area contributed by atoms with Gasteiger partial charge in [0.1, 0.15) is 5.75 Å². The van der Waals surface area contributed by atoms with Crippen LogP contribution in [0.5, 0.6) is 17.2 Å². The maximum absolute atomic E-state index is 6.41. The minimum atomic E-state index is 0.124. The van der Waals surface area contributed by atoms with Gasteiger partial charge in [0, 0.05) is 50.3 Å². The fourth-order valence-corrected chi connectivity index (χ4v) is 5.02. The van der Waals surface area contributed by atoms with E-state index in [1.54, 1.807) is 21.3 Å². The molecule has 43 heavy (non-hydrogen) atoms. The molecule has 3 aromatic carbocycles. The van der Waals surface area contributed by atoms with Crippen LogP contribution in [0.1, 0.15) is 60.8 Å². The molecule has 0 spiro atoms. The third-order valence-corrected chi connectivity index (χ3v) is 7.50. The Hall–Kier alpha value is -3.10. The van der Waals surface area contributed by atoms with E-state index in [4.69, 9.17) is 28.4 Å². The Morgan fingerprint density at radius 3 is 2.26 bits per heavy atom. The summed E-state index contributed by atoms with van der Waals surface area (Å²) in [6.45, 7) is 9.37. The maximum Gasteiger partial charge on any atom is 0.166 e. The highest BCUT2D eigenvalue weighted by atomic mass is 16.5. The number of benzene rings is 3. The van der Waals surface area contributed by atoms with Crippen LogP contribution >= 0.6 is 0 Å². The van der Waals surface area contributed by atoms with Crippen LogP contribution < -0.4 is 19.5 Å². The van der Waals surface area contributed by atoms with Crippen LogP contribution in [0.3, 0.4) is 0 Å². The molecule has 0 bridgehead atoms. The molecule has 2 unspecified atom stereocenters. The summed E-state index contributed by atoms with van der Waals surface area (Å²) in [5.74, 6) is 2.81. The lowest BCUT2D eigenvalue weighted by Crippen LogP contribution is -2.41. The molecule has 1 heterocycles. The Morgan fingerprint density at radius 2 is 1.51 bits per heavy atom. The van der Waals surface area contributed by atoms with Gasteiger partial charge in [-0.2, -0.15) is 0 Å². The van der Waals surface area contributed by atoms with Crippen LogP contribution in [0.25, 0.3) is 0 Å². The van der Waals surface area contributed by atoms with E-state index in [1.165, 1.54) is 17.5 Å². The van der Waals surface area contributed by atoms with Crippen molar-refractivity contribution in [3.63, 3.8) is 0 Å². The van der Waals surface area contributed by atoms with Gasteiger partial charge in [-0.15, -0.1) is 0 Å². The molecular formula is C36H51NO6. The van der Waals surface area contributed by atoms with E-state index in [0.29, 0.717) is 32.3 Å². The van der Waals surface area contributed by atoms with Crippen molar-refractivity contribution in [1.82, 2.24) is 5.32 Å². The number of para-hydroxylation sites is 2. The van der Waals surface area contributed by atoms with E-state index in [1.807, 2.05) is 42.5 Å². The standard InChI is InChI=1S/C24H33NO4.C12H18O2/c1-18-8-10-19(11-9-18)21-12-13-25-16-23(21)29-17-20-6-4-7-22(27-3)24(20)28-15-5-14-26-2;1-3-4-9-14-10-11-7-5-6-8-12(11)13-2/h4,6-11,21,23,25H,5,12-17H2,1-3H3;5-8H,3-4,9-10H2,1-2H3. The summed E-state index contributed by atoms with van der Waals surface area (Å²) in [5, 5.41) is 3.47. The lowest BCUT2D eigenvalue weighted by molar-refractivity contribution is 0.00945. The van der Waals surface area contributed by atoms with Crippen molar-refractivity contribution in [1.29, 1.82) is 0 Å². The number of methoxy groups -OCH3 is 3. The Bertz CT molecular complexity index is 1170. The van der Waals surface area contributed by atoms with Gasteiger partial charge in [0.2, 0.25) is 0 Å². The number of unbranched alkanes of at least 4 members (excludes halogenated alkanes) is 1. The van der Waals surface area contributed by atoms with Crippen LogP contribution in [0, 0.1) is 6.92 Å². The zero-order chi connectivity index (χ0) is 30.7. The monoisotopic (exact) mass is 593 g/mol. The first-order valence-electron chi connectivity index (χ1n) is 15.5. The minimum absolute atomic E-state index is 0.124. The Labute approximate surface area is 258 Å². The largest absolute Gasteiger partial charge is 0.496 e. The highest BCUT2D eigenvalue weighted by molar-refractivity contribution is 5.46. The molecule has 0 aromatic heterocycles. The number of ether oxygens (including phenoxy) is 6. The summed E-state index contributed by atoms with van der Waals surface area (Å²) in [5.41, 5.74) is 4.76. The minimum Gasteiger partial charge on any atom is -0.496 e. The van der Waals surface area contributed by atoms with Crippen LogP contribution in [0.4, 0.5) is 0 Å². The number of rotatable bonds is 16. The van der Waals surface area contributed by atoms with Gasteiger partial charge in [0.15, 0.2) is 11.5 Å². The molecule has 4 rings (SSSR count). The van der Waals surface area contributed by atoms with E-state index < -0.39 is 0 Å². The third kappa shape index (κ3) is 11.5. The van der Waals surface area contributed by atoms with Gasteiger partial charge in [0.05, 0.1) is 40.1 Å². The van der Waals surface area contributed by atoms with E-state index in [2.05, 4.69) is 43.4 Å². The molecule has 1 aliphatic rings. The number of nitrogens with one attached hydrogen (secondary N) is 1. The van der Waals surface area contributed by atoms with Crippen molar-refractivity contribution >= 4 is 0 Å². The smallest absolute Gasteiger partial charge is 0.166 e. The molecule has 3 aromatic rings. The third-order valence-electron chi connectivity index (χ3n) is 7.50. The maximum atomic E-state index is 6.41. The predicted octanol–water partition coefficient (Wildman–Crippen LogP) is 7.09. The van der Waals surface area contributed by atoms with Crippen molar-refractivity contribution < 1.29 is 28.4 Å². The Kier molecular flexibility index (Phi) is 16.0. The van der Waals surface area contributed by atoms with Gasteiger partial charge in [0.25, 0.3) is 0 Å². The molecule has 2 atom stereocenters. The van der Waals surface area contributed by atoms with Crippen molar-refractivity contribution in [2.45, 2.75) is 64.8 Å². The fourth-order valence-electron chi connectivity index (χ4n) is 5.02. The van der Waals surface area contributed by atoms with Crippen molar-refractivity contribution in [3.05, 3.63) is 89.0 Å². The molecular weight excluding hydrogens is 542 g/mol. The van der Waals surface area contributed by atoms with Gasteiger partial charge in [-0.1, -0.05) is 73.5 Å². The summed E-state index contributed by atoms with van der Waals surface area (Å²) in [6.07, 6.45) is 4.32. The van der Waals surface area contributed by atoms with E-state index in [9.17, 15) is 0 Å². The topological polar surface area (TPSA) is 67.4 Å². The molecule has 0 aliphatic carbocycles. The molecule has 0 amide bonds. The van der Waals surface area contributed by atoms with E-state index in [0.717, 1.165) is 67.3 Å². The second-order valence-electron chi connectivity index (χ2n) is 10.7. The summed E-state index contributed by atoms with van der Waals surface area (Å²) < 4.78 is 33.8.